The molecule has 0 saturated heterocycles. The molecule has 0 rings (SSSR count). The van der Waals surface area contributed by atoms with Crippen LogP contribution in [0.4, 0.5) is 0 Å². The van der Waals surface area contributed by atoms with Gasteiger partial charge in [0.25, 0.3) is 0 Å². The highest BCUT2D eigenvalue weighted by Crippen LogP contribution is 2.14. The topological polar surface area (TPSA) is 46.5 Å². The number of carbonyl (C=O) groups excluding carboxylic acids is 1. The van der Waals surface area contributed by atoms with Crippen molar-refractivity contribution in [2.75, 3.05) is 0 Å². The molecule has 0 heterocycles. The molecule has 142 valence electrons. The molecule has 0 spiro atoms. The van der Waals surface area contributed by atoms with Crippen LogP contribution < -0.4 is 0 Å². The van der Waals surface area contributed by atoms with Crippen molar-refractivity contribution in [3.63, 3.8) is 0 Å². The predicted molar refractivity (Wildman–Crippen MR) is 102 cm³/mol. The van der Waals surface area contributed by atoms with Gasteiger partial charge in [-0.25, -0.2) is 4.79 Å². The third-order valence-electron chi connectivity index (χ3n) is 4.40. The van der Waals surface area contributed by atoms with Gasteiger partial charge in [-0.15, -0.1) is 0 Å². The summed E-state index contributed by atoms with van der Waals surface area (Å²) >= 11 is 0. The summed E-state index contributed by atoms with van der Waals surface area (Å²) in [6.45, 7) is 7.35. The molecule has 0 aliphatic carbocycles. The fraction of sp³-hybridized carbons (Fsp3) is 0.857. The smallest absolute Gasteiger partial charge is 0.335 e. The summed E-state index contributed by atoms with van der Waals surface area (Å²) in [5.74, 6) is -0.507. The maximum atomic E-state index is 11.2. The number of aliphatic hydroxyl groups excluding tert-OH is 1. The molecule has 0 aliphatic heterocycles. The van der Waals surface area contributed by atoms with Crippen LogP contribution in [0, 0.1) is 0 Å². The SMILES string of the molecule is C=C(C)C(=O)OC(O)CCCCCCCCCCCCCCCC. The highest BCUT2D eigenvalue weighted by molar-refractivity contribution is 5.86. The maximum absolute atomic E-state index is 11.2. The van der Waals surface area contributed by atoms with E-state index in [1.54, 1.807) is 6.92 Å². The Kier molecular flexibility index (Phi) is 16.4. The number of aliphatic hydroxyl groups is 1. The minimum Gasteiger partial charge on any atom is -0.433 e. The number of carbonyl (C=O) groups is 1. The first-order valence-corrected chi connectivity index (χ1v) is 10.1. The van der Waals surface area contributed by atoms with Crippen molar-refractivity contribution in [3.05, 3.63) is 12.2 Å². The second-order valence-corrected chi connectivity index (χ2v) is 7.03. The van der Waals surface area contributed by atoms with Crippen LogP contribution in [-0.4, -0.2) is 17.4 Å². The minimum absolute atomic E-state index is 0.329. The van der Waals surface area contributed by atoms with Crippen LogP contribution in [0.2, 0.25) is 0 Å². The van der Waals surface area contributed by atoms with Gasteiger partial charge >= 0.3 is 5.97 Å². The molecule has 0 amide bonds. The molecule has 0 aromatic rings. The van der Waals surface area contributed by atoms with Gasteiger partial charge in [0, 0.05) is 12.0 Å². The van der Waals surface area contributed by atoms with Crippen LogP contribution in [-0.2, 0) is 9.53 Å². The standard InChI is InChI=1S/C21H40O3/c1-4-5-6-7-8-9-10-11-12-13-14-15-16-17-18-20(22)24-21(23)19(2)3/h20,22H,2,4-18H2,1,3H3. The molecule has 0 saturated carbocycles. The number of hydrogen-bond donors (Lipinski definition) is 1. The van der Waals surface area contributed by atoms with E-state index in [0.717, 1.165) is 12.8 Å². The zero-order valence-electron chi connectivity index (χ0n) is 16.2. The van der Waals surface area contributed by atoms with Crippen LogP contribution in [0.25, 0.3) is 0 Å². The minimum atomic E-state index is -0.980. The van der Waals surface area contributed by atoms with Crippen LogP contribution in [0.5, 0.6) is 0 Å². The Morgan fingerprint density at radius 1 is 0.833 bits per heavy atom. The quantitative estimate of drug-likeness (QED) is 0.146. The molecule has 0 aromatic heterocycles. The van der Waals surface area contributed by atoms with Gasteiger partial charge in [-0.1, -0.05) is 97.0 Å². The van der Waals surface area contributed by atoms with Crippen LogP contribution >= 0.6 is 0 Å². The molecule has 1 N–H and O–H groups in total. The van der Waals surface area contributed by atoms with Crippen molar-refractivity contribution in [1.29, 1.82) is 0 Å². The fourth-order valence-electron chi connectivity index (χ4n) is 2.80. The zero-order chi connectivity index (χ0) is 18.0. The van der Waals surface area contributed by atoms with Crippen LogP contribution in [0.3, 0.4) is 0 Å². The molecule has 3 nitrogen and oxygen atoms in total. The highest BCUT2D eigenvalue weighted by Gasteiger charge is 2.10. The van der Waals surface area contributed by atoms with Crippen molar-refractivity contribution >= 4 is 5.97 Å². The van der Waals surface area contributed by atoms with Crippen molar-refractivity contribution in [2.45, 2.75) is 116 Å². The summed E-state index contributed by atoms with van der Waals surface area (Å²) < 4.78 is 4.84. The van der Waals surface area contributed by atoms with Gasteiger partial charge in [0.1, 0.15) is 0 Å². The van der Waals surface area contributed by atoms with E-state index in [9.17, 15) is 9.90 Å². The van der Waals surface area contributed by atoms with Gasteiger partial charge in [-0.2, -0.15) is 0 Å². The highest BCUT2D eigenvalue weighted by atomic mass is 16.6. The summed E-state index contributed by atoms with van der Waals surface area (Å²) in [5, 5.41) is 9.58. The normalized spacial score (nSPS) is 12.1. The Balaban J connectivity index is 3.20. The van der Waals surface area contributed by atoms with E-state index in [2.05, 4.69) is 13.5 Å². The Morgan fingerprint density at radius 3 is 1.58 bits per heavy atom. The molecule has 0 aromatic carbocycles. The molecule has 1 unspecified atom stereocenters. The second kappa shape index (κ2) is 17.0. The lowest BCUT2D eigenvalue weighted by atomic mass is 10.0. The third-order valence-corrected chi connectivity index (χ3v) is 4.40. The van der Waals surface area contributed by atoms with E-state index in [0.29, 0.717) is 12.0 Å². The van der Waals surface area contributed by atoms with Crippen LogP contribution in [0.15, 0.2) is 12.2 Å². The second-order valence-electron chi connectivity index (χ2n) is 7.03. The van der Waals surface area contributed by atoms with Gasteiger partial charge < -0.3 is 9.84 Å². The van der Waals surface area contributed by atoms with E-state index in [1.165, 1.54) is 77.0 Å². The molecule has 3 heteroatoms. The molecule has 0 fully saturated rings. The molecule has 0 radical (unpaired) electrons. The first-order valence-electron chi connectivity index (χ1n) is 10.1. The van der Waals surface area contributed by atoms with Gasteiger partial charge in [-0.05, 0) is 13.3 Å². The molecule has 1 atom stereocenters. The monoisotopic (exact) mass is 340 g/mol. The van der Waals surface area contributed by atoms with E-state index < -0.39 is 12.3 Å². The molecule has 0 bridgehead atoms. The summed E-state index contributed by atoms with van der Waals surface area (Å²) in [5.41, 5.74) is 0.329. The molecule has 0 aliphatic rings. The summed E-state index contributed by atoms with van der Waals surface area (Å²) in [6.07, 6.45) is 17.9. The molecule has 24 heavy (non-hydrogen) atoms. The molecular formula is C21H40O3. The Hall–Kier alpha value is -0.830. The van der Waals surface area contributed by atoms with Gasteiger partial charge in [-0.3, -0.25) is 0 Å². The van der Waals surface area contributed by atoms with E-state index in [4.69, 9.17) is 4.74 Å². The average molecular weight is 341 g/mol. The summed E-state index contributed by atoms with van der Waals surface area (Å²) in [4.78, 5) is 11.2. The summed E-state index contributed by atoms with van der Waals surface area (Å²) in [6, 6.07) is 0. The largest absolute Gasteiger partial charge is 0.433 e. The number of hydrogen-bond acceptors (Lipinski definition) is 3. The number of unbranched alkanes of at least 4 members (excludes halogenated alkanes) is 13. The fourth-order valence-corrected chi connectivity index (χ4v) is 2.80. The lowest BCUT2D eigenvalue weighted by Crippen LogP contribution is -2.17. The lowest BCUT2D eigenvalue weighted by Gasteiger charge is -2.11. The van der Waals surface area contributed by atoms with E-state index >= 15 is 0 Å². The first kappa shape index (κ1) is 23.2. The maximum Gasteiger partial charge on any atom is 0.335 e. The molecular weight excluding hydrogens is 300 g/mol. The predicted octanol–water partition coefficient (Wildman–Crippen LogP) is 6.30. The van der Waals surface area contributed by atoms with Gasteiger partial charge in [0.2, 0.25) is 6.29 Å². The van der Waals surface area contributed by atoms with E-state index in [1.807, 2.05) is 0 Å². The zero-order valence-corrected chi connectivity index (χ0v) is 16.2. The van der Waals surface area contributed by atoms with Crippen molar-refractivity contribution < 1.29 is 14.6 Å². The number of rotatable bonds is 17. The third kappa shape index (κ3) is 16.0. The first-order chi connectivity index (χ1) is 11.6. The van der Waals surface area contributed by atoms with E-state index in [-0.39, 0.29) is 0 Å². The Labute approximate surface area is 149 Å². The van der Waals surface area contributed by atoms with Gasteiger partial charge in [0.15, 0.2) is 0 Å². The number of esters is 1. The summed E-state index contributed by atoms with van der Waals surface area (Å²) in [7, 11) is 0. The van der Waals surface area contributed by atoms with Crippen LogP contribution in [0.1, 0.15) is 110 Å². The lowest BCUT2D eigenvalue weighted by molar-refractivity contribution is -0.163. The Morgan fingerprint density at radius 2 is 1.21 bits per heavy atom. The number of ether oxygens (including phenoxy) is 1. The Bertz CT molecular complexity index is 312. The van der Waals surface area contributed by atoms with Crippen molar-refractivity contribution in [3.8, 4) is 0 Å². The van der Waals surface area contributed by atoms with Crippen molar-refractivity contribution in [1.82, 2.24) is 0 Å². The van der Waals surface area contributed by atoms with Gasteiger partial charge in [0.05, 0.1) is 0 Å². The van der Waals surface area contributed by atoms with Crippen molar-refractivity contribution in [2.24, 2.45) is 0 Å². The average Bonchev–Trinajstić information content (AvgIpc) is 2.55.